The molecule has 51 heavy (non-hydrogen) atoms. The largest absolute Gasteiger partial charge is 0.454 e. The zero-order chi connectivity index (χ0) is 34.1. The van der Waals surface area contributed by atoms with Crippen LogP contribution >= 0.6 is 0 Å². The molecule has 9 aromatic rings. The van der Waals surface area contributed by atoms with E-state index >= 15 is 0 Å². The number of benzene rings is 8. The van der Waals surface area contributed by atoms with E-state index in [0.29, 0.717) is 0 Å². The van der Waals surface area contributed by atoms with Crippen LogP contribution in [-0.2, 0) is 5.41 Å². The van der Waals surface area contributed by atoms with Gasteiger partial charge in [-0.2, -0.15) is 0 Å². The van der Waals surface area contributed by atoms with Gasteiger partial charge in [-0.25, -0.2) is 0 Å². The molecule has 10 rings (SSSR count). The smallest absolute Gasteiger partial charge is 0.159 e. The number of rotatable bonds is 5. The molecule has 0 atom stereocenters. The van der Waals surface area contributed by atoms with Crippen LogP contribution < -0.4 is 4.90 Å². The van der Waals surface area contributed by atoms with E-state index < -0.39 is 0 Å². The Balaban J connectivity index is 1.17. The minimum absolute atomic E-state index is 0.125. The highest BCUT2D eigenvalue weighted by Crippen LogP contribution is 2.51. The Bertz CT molecular complexity index is 2770. The Morgan fingerprint density at radius 2 is 1.10 bits per heavy atom. The van der Waals surface area contributed by atoms with Crippen molar-refractivity contribution in [2.24, 2.45) is 0 Å². The van der Waals surface area contributed by atoms with Crippen molar-refractivity contribution in [1.82, 2.24) is 0 Å². The molecule has 1 aliphatic rings. The van der Waals surface area contributed by atoms with E-state index in [9.17, 15) is 0 Å². The van der Waals surface area contributed by atoms with Gasteiger partial charge in [-0.3, -0.25) is 0 Å². The molecule has 0 spiro atoms. The van der Waals surface area contributed by atoms with Crippen LogP contribution in [0.3, 0.4) is 0 Å². The van der Waals surface area contributed by atoms with Gasteiger partial charge in [0.15, 0.2) is 5.58 Å². The van der Waals surface area contributed by atoms with Crippen molar-refractivity contribution in [3.05, 3.63) is 187 Å². The Hall–Kier alpha value is -6.38. The molecule has 242 valence electrons. The number of para-hydroxylation sites is 1. The van der Waals surface area contributed by atoms with Crippen molar-refractivity contribution in [2.75, 3.05) is 4.90 Å². The molecule has 0 saturated carbocycles. The second-order valence-corrected chi connectivity index (χ2v) is 14.1. The molecule has 2 heteroatoms. The van der Waals surface area contributed by atoms with Crippen LogP contribution in [-0.4, -0.2) is 0 Å². The molecular formula is C49H35NO. The van der Waals surface area contributed by atoms with Gasteiger partial charge >= 0.3 is 0 Å². The Morgan fingerprint density at radius 3 is 1.96 bits per heavy atom. The Labute approximate surface area is 297 Å². The van der Waals surface area contributed by atoms with E-state index in [4.69, 9.17) is 4.42 Å². The Kier molecular flexibility index (Phi) is 6.56. The molecule has 0 bridgehead atoms. The van der Waals surface area contributed by atoms with Crippen molar-refractivity contribution in [3.8, 4) is 33.4 Å². The molecule has 1 heterocycles. The standard InChI is InChI=1S/C49H35NO/c1-49(2)43-20-9-8-18-40(43)41-28-27-38(31-44(41)49)50(37-16-10-15-36(30-37)34-24-22-33(23-25-34)32-12-4-3-5-13-32)45-21-11-19-42-47-39-17-7-6-14-35(39)26-29-46(47)51-48(42)45/h3-31H,1-2H3. The summed E-state index contributed by atoms with van der Waals surface area (Å²) in [6, 6.07) is 63.6. The summed E-state index contributed by atoms with van der Waals surface area (Å²) in [5.41, 5.74) is 14.9. The van der Waals surface area contributed by atoms with Gasteiger partial charge in [0.05, 0.1) is 5.69 Å². The summed E-state index contributed by atoms with van der Waals surface area (Å²) < 4.78 is 6.83. The number of fused-ring (bicyclic) bond motifs is 8. The maximum Gasteiger partial charge on any atom is 0.159 e. The van der Waals surface area contributed by atoms with E-state index in [0.717, 1.165) is 44.6 Å². The first kappa shape index (κ1) is 29.5. The quantitative estimate of drug-likeness (QED) is 0.184. The predicted octanol–water partition coefficient (Wildman–Crippen LogP) is 13.8. The lowest BCUT2D eigenvalue weighted by Crippen LogP contribution is -2.16. The topological polar surface area (TPSA) is 16.4 Å². The van der Waals surface area contributed by atoms with Gasteiger partial charge in [-0.15, -0.1) is 0 Å². The van der Waals surface area contributed by atoms with E-state index in [-0.39, 0.29) is 5.41 Å². The molecular weight excluding hydrogens is 619 g/mol. The third-order valence-corrected chi connectivity index (χ3v) is 10.9. The second kappa shape index (κ2) is 11.3. The van der Waals surface area contributed by atoms with E-state index in [1.165, 1.54) is 49.7 Å². The van der Waals surface area contributed by atoms with Gasteiger partial charge in [0, 0.05) is 27.6 Å². The summed E-state index contributed by atoms with van der Waals surface area (Å²) in [6.45, 7) is 4.69. The zero-order valence-electron chi connectivity index (χ0n) is 28.6. The summed E-state index contributed by atoms with van der Waals surface area (Å²) in [5, 5.41) is 4.69. The van der Waals surface area contributed by atoms with E-state index in [1.807, 2.05) is 0 Å². The van der Waals surface area contributed by atoms with Crippen LogP contribution in [0.4, 0.5) is 17.1 Å². The number of hydrogen-bond acceptors (Lipinski definition) is 2. The molecule has 0 N–H and O–H groups in total. The Morgan fingerprint density at radius 1 is 0.451 bits per heavy atom. The summed E-state index contributed by atoms with van der Waals surface area (Å²) in [6.07, 6.45) is 0. The van der Waals surface area contributed by atoms with Crippen molar-refractivity contribution in [1.29, 1.82) is 0 Å². The molecule has 2 nitrogen and oxygen atoms in total. The first-order valence-corrected chi connectivity index (χ1v) is 17.7. The zero-order valence-corrected chi connectivity index (χ0v) is 28.6. The van der Waals surface area contributed by atoms with Crippen molar-refractivity contribution in [3.63, 3.8) is 0 Å². The third kappa shape index (κ3) is 4.64. The molecule has 0 unspecified atom stereocenters. The van der Waals surface area contributed by atoms with Gasteiger partial charge < -0.3 is 9.32 Å². The predicted molar refractivity (Wildman–Crippen MR) is 214 cm³/mol. The van der Waals surface area contributed by atoms with E-state index in [2.05, 4.69) is 195 Å². The summed E-state index contributed by atoms with van der Waals surface area (Å²) >= 11 is 0. The van der Waals surface area contributed by atoms with Crippen LogP contribution in [0.5, 0.6) is 0 Å². The molecule has 0 saturated heterocycles. The third-order valence-electron chi connectivity index (χ3n) is 10.9. The maximum atomic E-state index is 6.83. The lowest BCUT2D eigenvalue weighted by atomic mass is 9.82. The molecule has 0 aliphatic heterocycles. The molecule has 0 radical (unpaired) electrons. The highest BCUT2D eigenvalue weighted by molar-refractivity contribution is 6.21. The van der Waals surface area contributed by atoms with Crippen molar-refractivity contribution < 1.29 is 4.42 Å². The van der Waals surface area contributed by atoms with Crippen LogP contribution in [0.25, 0.3) is 66.1 Å². The van der Waals surface area contributed by atoms with Gasteiger partial charge in [0.1, 0.15) is 5.58 Å². The number of hydrogen-bond donors (Lipinski definition) is 0. The average Bonchev–Trinajstić information content (AvgIpc) is 3.68. The fourth-order valence-corrected chi connectivity index (χ4v) is 8.30. The molecule has 8 aromatic carbocycles. The fourth-order valence-electron chi connectivity index (χ4n) is 8.30. The first-order chi connectivity index (χ1) is 25.0. The second-order valence-electron chi connectivity index (χ2n) is 14.1. The normalized spacial score (nSPS) is 13.1. The minimum atomic E-state index is -0.125. The van der Waals surface area contributed by atoms with Crippen molar-refractivity contribution in [2.45, 2.75) is 19.3 Å². The number of furan rings is 1. The van der Waals surface area contributed by atoms with Crippen LogP contribution in [0.1, 0.15) is 25.0 Å². The van der Waals surface area contributed by atoms with Gasteiger partial charge in [0.25, 0.3) is 0 Å². The SMILES string of the molecule is CC1(C)c2ccccc2-c2ccc(N(c3cccc(-c4ccc(-c5ccccc5)cc4)c3)c3cccc4c3oc3ccc5ccccc5c34)cc21. The summed E-state index contributed by atoms with van der Waals surface area (Å²) in [7, 11) is 0. The highest BCUT2D eigenvalue weighted by atomic mass is 16.3. The lowest BCUT2D eigenvalue weighted by Gasteiger charge is -2.28. The number of nitrogens with zero attached hydrogens (tertiary/aromatic N) is 1. The number of anilines is 3. The van der Waals surface area contributed by atoms with Crippen LogP contribution in [0.2, 0.25) is 0 Å². The van der Waals surface area contributed by atoms with Gasteiger partial charge in [0.2, 0.25) is 0 Å². The highest BCUT2D eigenvalue weighted by Gasteiger charge is 2.36. The van der Waals surface area contributed by atoms with Crippen LogP contribution in [0.15, 0.2) is 180 Å². The maximum absolute atomic E-state index is 6.83. The van der Waals surface area contributed by atoms with E-state index in [1.54, 1.807) is 0 Å². The van der Waals surface area contributed by atoms with Crippen LogP contribution in [0, 0.1) is 0 Å². The monoisotopic (exact) mass is 653 g/mol. The van der Waals surface area contributed by atoms with Crippen molar-refractivity contribution >= 4 is 49.8 Å². The minimum Gasteiger partial charge on any atom is -0.454 e. The molecule has 1 aromatic heterocycles. The molecule has 0 fully saturated rings. The van der Waals surface area contributed by atoms with Gasteiger partial charge in [-0.1, -0.05) is 153 Å². The fraction of sp³-hybridized carbons (Fsp3) is 0.0612. The summed E-state index contributed by atoms with van der Waals surface area (Å²) in [4.78, 5) is 2.38. The molecule has 1 aliphatic carbocycles. The average molecular weight is 654 g/mol. The first-order valence-electron chi connectivity index (χ1n) is 17.7. The summed E-state index contributed by atoms with van der Waals surface area (Å²) in [5.74, 6) is 0. The van der Waals surface area contributed by atoms with Gasteiger partial charge in [-0.05, 0) is 91.7 Å². The lowest BCUT2D eigenvalue weighted by molar-refractivity contribution is 0.660. The molecule has 0 amide bonds.